The normalized spacial score (nSPS) is 17.7. The Morgan fingerprint density at radius 1 is 0.863 bits per heavy atom. The van der Waals surface area contributed by atoms with Crippen LogP contribution in [0, 0.1) is 11.6 Å². The fourth-order valence-corrected chi connectivity index (χ4v) is 6.97. The number of rotatable bonds is 16. The van der Waals surface area contributed by atoms with Crippen LogP contribution >= 0.6 is 11.8 Å². The van der Waals surface area contributed by atoms with Gasteiger partial charge in [0.05, 0.1) is 12.6 Å². The number of aliphatic carboxylic acids is 1. The second-order valence-corrected chi connectivity index (χ2v) is 13.0. The van der Waals surface area contributed by atoms with Crippen LogP contribution in [0.1, 0.15) is 34.8 Å². The maximum absolute atomic E-state index is 13.9. The van der Waals surface area contributed by atoms with E-state index >= 15 is 0 Å². The Bertz CT molecular complexity index is 1840. The molecule has 51 heavy (non-hydrogen) atoms. The van der Waals surface area contributed by atoms with Gasteiger partial charge in [0.25, 0.3) is 5.91 Å². The minimum atomic E-state index is -1.23. The Hall–Kier alpha value is -5.47. The van der Waals surface area contributed by atoms with Crippen LogP contribution in [0.3, 0.4) is 0 Å². The number of β-lactam (4-membered cyclic amide) rings is 1. The van der Waals surface area contributed by atoms with Gasteiger partial charge in [-0.25, -0.2) is 13.6 Å². The Labute approximate surface area is 296 Å². The van der Waals surface area contributed by atoms with Gasteiger partial charge in [-0.05, 0) is 83.6 Å². The van der Waals surface area contributed by atoms with Crippen molar-refractivity contribution < 1.29 is 48.0 Å². The summed E-state index contributed by atoms with van der Waals surface area (Å²) in [5, 5.41) is 36.6. The maximum atomic E-state index is 13.9. The fourth-order valence-electron chi connectivity index (χ4n) is 5.61. The SMILES string of the molecule is O=C(COc1ccc([C@]2(c3ccc(F)cc3)NC(=O)[C@@H]2SCC(O)c2ccc(F)cc2)cc1)NCC(=O)N[C@H](CCc1ccc(O)cc1)C(=O)O. The molecule has 11 nitrogen and oxygen atoms in total. The molecule has 1 unspecified atom stereocenters. The summed E-state index contributed by atoms with van der Waals surface area (Å²) in [6.07, 6.45) is -0.533. The van der Waals surface area contributed by atoms with Gasteiger partial charge >= 0.3 is 5.97 Å². The first-order valence-corrected chi connectivity index (χ1v) is 16.9. The van der Waals surface area contributed by atoms with E-state index in [1.54, 1.807) is 48.5 Å². The van der Waals surface area contributed by atoms with E-state index in [0.717, 1.165) is 5.56 Å². The molecule has 5 rings (SSSR count). The number of carbonyl (C=O) groups excluding carboxylic acids is 3. The van der Waals surface area contributed by atoms with E-state index in [1.807, 2.05) is 0 Å². The van der Waals surface area contributed by atoms with Crippen molar-refractivity contribution in [2.45, 2.75) is 35.8 Å². The summed E-state index contributed by atoms with van der Waals surface area (Å²) >= 11 is 1.21. The summed E-state index contributed by atoms with van der Waals surface area (Å²) < 4.78 is 32.8. The van der Waals surface area contributed by atoms with Crippen molar-refractivity contribution in [1.82, 2.24) is 16.0 Å². The van der Waals surface area contributed by atoms with E-state index in [-0.39, 0.29) is 23.8 Å². The molecule has 1 fully saturated rings. The summed E-state index contributed by atoms with van der Waals surface area (Å²) in [6, 6.07) is 22.8. The molecule has 0 aromatic heterocycles. The lowest BCUT2D eigenvalue weighted by Crippen LogP contribution is -2.69. The minimum Gasteiger partial charge on any atom is -0.508 e. The second-order valence-electron chi connectivity index (χ2n) is 11.8. The third kappa shape index (κ3) is 9.21. The first-order chi connectivity index (χ1) is 24.4. The van der Waals surface area contributed by atoms with E-state index in [4.69, 9.17) is 4.74 Å². The van der Waals surface area contributed by atoms with E-state index in [1.165, 1.54) is 60.3 Å². The largest absolute Gasteiger partial charge is 0.508 e. The molecule has 0 saturated carbocycles. The number of aryl methyl sites for hydroxylation is 1. The molecular formula is C37H35F2N3O8S. The fraction of sp³-hybridized carbons (Fsp3) is 0.243. The van der Waals surface area contributed by atoms with Crippen LogP contribution in [0.15, 0.2) is 97.1 Å². The van der Waals surface area contributed by atoms with Gasteiger partial charge in [-0.1, -0.05) is 48.5 Å². The van der Waals surface area contributed by atoms with Crippen molar-refractivity contribution in [1.29, 1.82) is 0 Å². The molecule has 0 radical (unpaired) electrons. The van der Waals surface area contributed by atoms with Crippen molar-refractivity contribution >= 4 is 35.5 Å². The number of amides is 3. The van der Waals surface area contributed by atoms with Gasteiger partial charge in [-0.3, -0.25) is 14.4 Å². The highest BCUT2D eigenvalue weighted by molar-refractivity contribution is 8.00. The number of phenolic OH excluding ortho intramolecular Hbond substituents is 1. The van der Waals surface area contributed by atoms with Gasteiger partial charge in [0.1, 0.15) is 40.0 Å². The van der Waals surface area contributed by atoms with Crippen LogP contribution < -0.4 is 20.7 Å². The number of carboxylic acids is 1. The van der Waals surface area contributed by atoms with E-state index < -0.39 is 65.5 Å². The van der Waals surface area contributed by atoms with E-state index in [0.29, 0.717) is 28.9 Å². The van der Waals surface area contributed by atoms with Crippen molar-refractivity contribution in [3.8, 4) is 11.5 Å². The average molecular weight is 720 g/mol. The first-order valence-electron chi connectivity index (χ1n) is 15.9. The lowest BCUT2D eigenvalue weighted by molar-refractivity contribution is -0.142. The average Bonchev–Trinajstić information content (AvgIpc) is 3.12. The third-order valence-corrected chi connectivity index (χ3v) is 9.75. The Morgan fingerprint density at radius 3 is 2.04 bits per heavy atom. The quantitative estimate of drug-likeness (QED) is 0.0947. The molecule has 4 aromatic carbocycles. The van der Waals surface area contributed by atoms with Gasteiger partial charge in [0.2, 0.25) is 11.8 Å². The highest BCUT2D eigenvalue weighted by atomic mass is 32.2. The number of aromatic hydroxyl groups is 1. The molecule has 1 aliphatic heterocycles. The lowest BCUT2D eigenvalue weighted by Gasteiger charge is -2.50. The number of aliphatic hydroxyl groups excluding tert-OH is 1. The molecule has 6 N–H and O–H groups in total. The number of benzene rings is 4. The second kappa shape index (κ2) is 16.5. The van der Waals surface area contributed by atoms with Crippen LogP contribution in [0.25, 0.3) is 0 Å². The summed E-state index contributed by atoms with van der Waals surface area (Å²) in [4.78, 5) is 49.4. The molecule has 1 saturated heterocycles. The van der Waals surface area contributed by atoms with Crippen LogP contribution in [0.5, 0.6) is 11.5 Å². The van der Waals surface area contributed by atoms with Gasteiger partial charge < -0.3 is 36.0 Å². The van der Waals surface area contributed by atoms with Crippen LogP contribution in [-0.2, 0) is 31.1 Å². The van der Waals surface area contributed by atoms with Gasteiger partial charge in [-0.15, -0.1) is 11.8 Å². The van der Waals surface area contributed by atoms with E-state index in [9.17, 15) is 43.3 Å². The van der Waals surface area contributed by atoms with Crippen molar-refractivity contribution in [2.75, 3.05) is 18.9 Å². The first kappa shape index (κ1) is 36.8. The summed E-state index contributed by atoms with van der Waals surface area (Å²) in [5.41, 5.74) is 1.43. The highest BCUT2D eigenvalue weighted by Gasteiger charge is 2.56. The zero-order valence-corrected chi connectivity index (χ0v) is 27.9. The number of phenols is 1. The predicted molar refractivity (Wildman–Crippen MR) is 184 cm³/mol. The van der Waals surface area contributed by atoms with Crippen molar-refractivity contribution in [2.24, 2.45) is 0 Å². The Kier molecular flexibility index (Phi) is 11.9. The molecule has 266 valence electrons. The number of halogens is 2. The molecule has 14 heteroatoms. The zero-order chi connectivity index (χ0) is 36.5. The number of ether oxygens (including phenoxy) is 1. The van der Waals surface area contributed by atoms with Crippen LogP contribution in [0.4, 0.5) is 8.78 Å². The number of carbonyl (C=O) groups is 4. The smallest absolute Gasteiger partial charge is 0.326 e. The topological polar surface area (TPSA) is 174 Å². The van der Waals surface area contributed by atoms with Gasteiger partial charge in [0, 0.05) is 5.75 Å². The molecule has 0 bridgehead atoms. The zero-order valence-electron chi connectivity index (χ0n) is 27.1. The predicted octanol–water partition coefficient (Wildman–Crippen LogP) is 3.58. The molecule has 0 aliphatic carbocycles. The summed E-state index contributed by atoms with van der Waals surface area (Å²) in [7, 11) is 0. The number of nitrogens with one attached hydrogen (secondary N) is 3. The Balaban J connectivity index is 1.17. The lowest BCUT2D eigenvalue weighted by atomic mass is 9.74. The van der Waals surface area contributed by atoms with E-state index in [2.05, 4.69) is 16.0 Å². The van der Waals surface area contributed by atoms with Gasteiger partial charge in [0.15, 0.2) is 6.61 Å². The number of hydrogen-bond acceptors (Lipinski definition) is 8. The molecular weight excluding hydrogens is 684 g/mol. The van der Waals surface area contributed by atoms with Crippen molar-refractivity contribution in [3.63, 3.8) is 0 Å². The highest BCUT2D eigenvalue weighted by Crippen LogP contribution is 2.46. The monoisotopic (exact) mass is 719 g/mol. The summed E-state index contributed by atoms with van der Waals surface area (Å²) in [5.74, 6) is -3.23. The minimum absolute atomic E-state index is 0.0829. The molecule has 4 atom stereocenters. The molecule has 0 spiro atoms. The number of thioether (sulfide) groups is 1. The number of carboxylic acid groups (broad SMARTS) is 1. The summed E-state index contributed by atoms with van der Waals surface area (Å²) in [6.45, 7) is -0.922. The van der Waals surface area contributed by atoms with Crippen molar-refractivity contribution in [3.05, 3.63) is 131 Å². The van der Waals surface area contributed by atoms with Crippen LogP contribution in [-0.4, -0.2) is 69.2 Å². The standard InChI is InChI=1S/C37H35F2N3O8S/c38-26-10-4-23(5-11-26)31(44)21-51-34-35(47)42-37(34,24-6-12-27(39)13-7-24)25-8-16-29(17-9-25)50-20-33(46)40-19-32(45)41-30(36(48)49)18-3-22-1-14-28(43)15-2-22/h1-2,4-17,30-31,34,43-44H,3,18-21H2,(H,40,46)(H,41,45)(H,42,47)(H,48,49)/t30-,31?,34+,37+/m1/s1. The van der Waals surface area contributed by atoms with Crippen LogP contribution in [0.2, 0.25) is 0 Å². The Morgan fingerprint density at radius 2 is 1.45 bits per heavy atom. The molecule has 1 aliphatic rings. The molecule has 4 aromatic rings. The maximum Gasteiger partial charge on any atom is 0.326 e. The number of aliphatic hydroxyl groups is 1. The third-order valence-electron chi connectivity index (χ3n) is 8.34. The number of hydrogen-bond donors (Lipinski definition) is 6. The molecule has 1 heterocycles. The molecule has 3 amide bonds. The van der Waals surface area contributed by atoms with Gasteiger partial charge in [-0.2, -0.15) is 0 Å².